The predicted octanol–water partition coefficient (Wildman–Crippen LogP) is 1.86. The van der Waals surface area contributed by atoms with E-state index in [1.807, 2.05) is 17.0 Å². The Labute approximate surface area is 167 Å². The van der Waals surface area contributed by atoms with Gasteiger partial charge in [0.05, 0.1) is 18.8 Å². The van der Waals surface area contributed by atoms with E-state index >= 15 is 0 Å². The van der Waals surface area contributed by atoms with E-state index in [1.165, 1.54) is 0 Å². The fourth-order valence-corrected chi connectivity index (χ4v) is 4.38. The lowest BCUT2D eigenvalue weighted by Gasteiger charge is -2.40. The van der Waals surface area contributed by atoms with E-state index in [1.54, 1.807) is 6.20 Å². The van der Waals surface area contributed by atoms with Gasteiger partial charge in [-0.25, -0.2) is 4.98 Å². The number of hydrogen-bond donors (Lipinski definition) is 1. The lowest BCUT2D eigenvalue weighted by Crippen LogP contribution is -2.50. The number of nitrogens with zero attached hydrogens (tertiary/aromatic N) is 3. The highest BCUT2D eigenvalue weighted by atomic mass is 16.5. The third-order valence-corrected chi connectivity index (χ3v) is 6.24. The van der Waals surface area contributed by atoms with Crippen LogP contribution >= 0.6 is 0 Å². The molecule has 3 fully saturated rings. The number of likely N-dealkylation sites (tertiary alicyclic amines) is 1. The van der Waals surface area contributed by atoms with Gasteiger partial charge in [0.1, 0.15) is 5.82 Å². The summed E-state index contributed by atoms with van der Waals surface area (Å²) >= 11 is 0. The molecule has 0 radical (unpaired) electrons. The van der Waals surface area contributed by atoms with Crippen molar-refractivity contribution in [3.8, 4) is 0 Å². The summed E-state index contributed by atoms with van der Waals surface area (Å²) < 4.78 is 10.8. The molecule has 1 amide bonds. The third-order valence-electron chi connectivity index (χ3n) is 6.24. The number of hydrogen-bond acceptors (Lipinski definition) is 6. The van der Waals surface area contributed by atoms with Gasteiger partial charge < -0.3 is 19.7 Å². The highest BCUT2D eigenvalue weighted by Gasteiger charge is 2.28. The van der Waals surface area contributed by atoms with Crippen LogP contribution in [-0.4, -0.2) is 85.9 Å². The molecule has 28 heavy (non-hydrogen) atoms. The van der Waals surface area contributed by atoms with E-state index in [0.717, 1.165) is 90.7 Å². The van der Waals surface area contributed by atoms with E-state index in [-0.39, 0.29) is 5.91 Å². The molecule has 0 aliphatic carbocycles. The number of pyridine rings is 1. The molecule has 7 heteroatoms. The van der Waals surface area contributed by atoms with Crippen molar-refractivity contribution in [3.05, 3.63) is 23.9 Å². The van der Waals surface area contributed by atoms with Crippen molar-refractivity contribution in [1.82, 2.24) is 14.8 Å². The number of nitrogens with one attached hydrogen (secondary N) is 1. The molecule has 1 aromatic heterocycles. The minimum Gasteiger partial charge on any atom is -0.381 e. The number of rotatable bonds is 5. The smallest absolute Gasteiger partial charge is 0.255 e. The quantitative estimate of drug-likeness (QED) is 0.831. The second kappa shape index (κ2) is 9.67. The number of amides is 1. The van der Waals surface area contributed by atoms with E-state index in [0.29, 0.717) is 17.5 Å². The van der Waals surface area contributed by atoms with Gasteiger partial charge in [0.25, 0.3) is 5.91 Å². The Kier molecular flexibility index (Phi) is 6.77. The predicted molar refractivity (Wildman–Crippen MR) is 108 cm³/mol. The molecule has 154 valence electrons. The van der Waals surface area contributed by atoms with Crippen molar-refractivity contribution in [3.63, 3.8) is 0 Å². The molecule has 1 N–H and O–H groups in total. The van der Waals surface area contributed by atoms with Crippen LogP contribution in [0.15, 0.2) is 18.3 Å². The van der Waals surface area contributed by atoms with Gasteiger partial charge >= 0.3 is 0 Å². The first kappa shape index (κ1) is 19.6. The van der Waals surface area contributed by atoms with Gasteiger partial charge in [0.15, 0.2) is 0 Å². The standard InChI is InChI=1S/C21H32N4O3/c26-21(25-7-3-19(4-8-25)24-9-13-28-14-10-24)18-1-2-20(23-16-18)22-15-17-5-11-27-12-6-17/h1-2,16-17,19H,3-15H2,(H,22,23). The molecule has 7 nitrogen and oxygen atoms in total. The lowest BCUT2D eigenvalue weighted by atomic mass is 10.0. The number of anilines is 1. The molecular weight excluding hydrogens is 356 g/mol. The van der Waals surface area contributed by atoms with E-state index in [4.69, 9.17) is 9.47 Å². The fraction of sp³-hybridized carbons (Fsp3) is 0.714. The second-order valence-corrected chi connectivity index (χ2v) is 8.04. The zero-order valence-corrected chi connectivity index (χ0v) is 16.6. The lowest BCUT2D eigenvalue weighted by molar-refractivity contribution is 0.00158. The molecule has 0 bridgehead atoms. The first-order valence-corrected chi connectivity index (χ1v) is 10.7. The van der Waals surface area contributed by atoms with Crippen molar-refractivity contribution in [2.45, 2.75) is 31.7 Å². The monoisotopic (exact) mass is 388 g/mol. The molecule has 4 heterocycles. The minimum absolute atomic E-state index is 0.101. The van der Waals surface area contributed by atoms with Gasteiger partial charge in [-0.05, 0) is 43.7 Å². The molecule has 1 aromatic rings. The topological polar surface area (TPSA) is 66.9 Å². The van der Waals surface area contributed by atoms with Crippen LogP contribution in [0.25, 0.3) is 0 Å². The van der Waals surface area contributed by atoms with Gasteiger partial charge in [-0.15, -0.1) is 0 Å². The molecule has 0 unspecified atom stereocenters. The second-order valence-electron chi connectivity index (χ2n) is 8.04. The Bertz CT molecular complexity index is 619. The van der Waals surface area contributed by atoms with Gasteiger partial charge in [-0.2, -0.15) is 0 Å². The number of morpholine rings is 1. The van der Waals surface area contributed by atoms with E-state index in [2.05, 4.69) is 15.2 Å². The summed E-state index contributed by atoms with van der Waals surface area (Å²) in [5.41, 5.74) is 0.682. The summed E-state index contributed by atoms with van der Waals surface area (Å²) in [6.45, 7) is 7.98. The van der Waals surface area contributed by atoms with Gasteiger partial charge in [-0.3, -0.25) is 9.69 Å². The maximum atomic E-state index is 12.8. The zero-order chi connectivity index (χ0) is 19.2. The van der Waals surface area contributed by atoms with Crippen LogP contribution in [0.1, 0.15) is 36.0 Å². The molecule has 0 saturated carbocycles. The summed E-state index contributed by atoms with van der Waals surface area (Å²) in [7, 11) is 0. The van der Waals surface area contributed by atoms with Crippen molar-refractivity contribution in [2.24, 2.45) is 5.92 Å². The summed E-state index contributed by atoms with van der Waals surface area (Å²) in [4.78, 5) is 21.8. The van der Waals surface area contributed by atoms with Crippen LogP contribution in [-0.2, 0) is 9.47 Å². The van der Waals surface area contributed by atoms with Gasteiger partial charge in [-0.1, -0.05) is 0 Å². The van der Waals surface area contributed by atoms with Crippen LogP contribution in [0.2, 0.25) is 0 Å². The van der Waals surface area contributed by atoms with Crippen molar-refractivity contribution >= 4 is 11.7 Å². The third kappa shape index (κ3) is 5.01. The molecule has 4 rings (SSSR count). The normalized spacial score (nSPS) is 22.9. The highest BCUT2D eigenvalue weighted by Crippen LogP contribution is 2.20. The summed E-state index contributed by atoms with van der Waals surface area (Å²) in [6.07, 6.45) is 6.00. The first-order valence-electron chi connectivity index (χ1n) is 10.7. The number of carbonyl (C=O) groups is 1. The Morgan fingerprint density at radius 1 is 1.00 bits per heavy atom. The Morgan fingerprint density at radius 2 is 1.71 bits per heavy atom. The molecule has 0 aromatic carbocycles. The maximum absolute atomic E-state index is 12.8. The van der Waals surface area contributed by atoms with Crippen LogP contribution < -0.4 is 5.32 Å². The molecule has 3 saturated heterocycles. The van der Waals surface area contributed by atoms with Gasteiger partial charge in [0, 0.05) is 58.2 Å². The number of aromatic nitrogens is 1. The Morgan fingerprint density at radius 3 is 2.39 bits per heavy atom. The number of carbonyl (C=O) groups excluding carboxylic acids is 1. The van der Waals surface area contributed by atoms with Crippen LogP contribution in [0.3, 0.4) is 0 Å². The number of piperidine rings is 1. The van der Waals surface area contributed by atoms with Crippen LogP contribution in [0, 0.1) is 5.92 Å². The van der Waals surface area contributed by atoms with Crippen molar-refractivity contribution in [1.29, 1.82) is 0 Å². The summed E-state index contributed by atoms with van der Waals surface area (Å²) in [5.74, 6) is 1.59. The molecule has 3 aliphatic rings. The SMILES string of the molecule is O=C(c1ccc(NCC2CCOCC2)nc1)N1CCC(N2CCOCC2)CC1. The van der Waals surface area contributed by atoms with Gasteiger partial charge in [0.2, 0.25) is 0 Å². The average Bonchev–Trinajstić information content (AvgIpc) is 2.79. The molecule has 0 spiro atoms. The van der Waals surface area contributed by atoms with Crippen LogP contribution in [0.5, 0.6) is 0 Å². The van der Waals surface area contributed by atoms with Crippen LogP contribution in [0.4, 0.5) is 5.82 Å². The molecule has 0 atom stereocenters. The minimum atomic E-state index is 0.101. The first-order chi connectivity index (χ1) is 13.8. The largest absolute Gasteiger partial charge is 0.381 e. The van der Waals surface area contributed by atoms with E-state index < -0.39 is 0 Å². The van der Waals surface area contributed by atoms with Crippen molar-refractivity contribution in [2.75, 3.05) is 64.5 Å². The Hall–Kier alpha value is -1.70. The zero-order valence-electron chi connectivity index (χ0n) is 16.6. The Balaban J connectivity index is 1.24. The van der Waals surface area contributed by atoms with Crippen molar-refractivity contribution < 1.29 is 14.3 Å². The summed E-state index contributed by atoms with van der Waals surface area (Å²) in [6, 6.07) is 4.41. The maximum Gasteiger partial charge on any atom is 0.255 e. The average molecular weight is 389 g/mol. The molecule has 3 aliphatic heterocycles. The highest BCUT2D eigenvalue weighted by molar-refractivity contribution is 5.94. The number of ether oxygens (including phenoxy) is 2. The summed E-state index contributed by atoms with van der Waals surface area (Å²) in [5, 5.41) is 3.39. The fourth-order valence-electron chi connectivity index (χ4n) is 4.38. The molecular formula is C21H32N4O3. The van der Waals surface area contributed by atoms with E-state index in [9.17, 15) is 4.79 Å².